The molecule has 25 heavy (non-hydrogen) atoms. The molecule has 1 aliphatic heterocycles. The third-order valence-electron chi connectivity index (χ3n) is 4.79. The van der Waals surface area contributed by atoms with Crippen molar-refractivity contribution in [3.63, 3.8) is 0 Å². The van der Waals surface area contributed by atoms with E-state index in [1.54, 1.807) is 0 Å². The summed E-state index contributed by atoms with van der Waals surface area (Å²) in [6.07, 6.45) is 0.908. The van der Waals surface area contributed by atoms with E-state index in [-0.39, 0.29) is 11.9 Å². The Morgan fingerprint density at radius 2 is 1.80 bits per heavy atom. The first-order chi connectivity index (χ1) is 12.0. The Morgan fingerprint density at radius 1 is 1.08 bits per heavy atom. The van der Waals surface area contributed by atoms with Crippen LogP contribution in [0.4, 0.5) is 5.69 Å². The van der Waals surface area contributed by atoms with Gasteiger partial charge in [-0.3, -0.25) is 4.79 Å². The number of aromatic nitrogens is 2. The lowest BCUT2D eigenvalue weighted by atomic mass is 10.1. The fourth-order valence-electron chi connectivity index (χ4n) is 3.65. The second-order valence-electron chi connectivity index (χ2n) is 6.74. The van der Waals surface area contributed by atoms with Gasteiger partial charge in [0.05, 0.1) is 11.4 Å². The minimum Gasteiger partial charge on any atom is -0.305 e. The van der Waals surface area contributed by atoms with Gasteiger partial charge in [0.1, 0.15) is 0 Å². The third-order valence-corrected chi connectivity index (χ3v) is 4.79. The van der Waals surface area contributed by atoms with Gasteiger partial charge in [-0.1, -0.05) is 18.2 Å². The van der Waals surface area contributed by atoms with Crippen LogP contribution in [0.25, 0.3) is 5.69 Å². The number of hydrogen-bond acceptors (Lipinski definition) is 2. The molecule has 0 saturated carbocycles. The van der Waals surface area contributed by atoms with E-state index in [1.165, 1.54) is 5.56 Å². The molecule has 0 fully saturated rings. The molecule has 1 aliphatic rings. The Balaban J connectivity index is 1.64. The second kappa shape index (κ2) is 5.88. The summed E-state index contributed by atoms with van der Waals surface area (Å²) in [5, 5.41) is 4.50. The minimum atomic E-state index is 0.0531. The molecule has 126 valence electrons. The molecule has 0 spiro atoms. The summed E-state index contributed by atoms with van der Waals surface area (Å²) < 4.78 is 1.90. The van der Waals surface area contributed by atoms with Gasteiger partial charge in [-0.15, -0.1) is 0 Å². The highest BCUT2D eigenvalue weighted by Crippen LogP contribution is 2.33. The van der Waals surface area contributed by atoms with Crippen molar-refractivity contribution in [2.45, 2.75) is 33.2 Å². The van der Waals surface area contributed by atoms with Gasteiger partial charge >= 0.3 is 0 Å². The standard InChI is InChI=1S/C21H21N3O/c1-14-12-16(3)24(22-14)19-10-8-17(9-11-19)21(25)23-15(2)13-18-6-4-5-7-20(18)23/h4-12,15H,13H2,1-3H3/t15-/m1/s1. The number of nitrogens with zero attached hydrogens (tertiary/aromatic N) is 3. The lowest BCUT2D eigenvalue weighted by molar-refractivity contribution is 0.0981. The Morgan fingerprint density at radius 3 is 2.48 bits per heavy atom. The summed E-state index contributed by atoms with van der Waals surface area (Å²) in [6.45, 7) is 6.11. The molecule has 0 bridgehead atoms. The highest BCUT2D eigenvalue weighted by atomic mass is 16.2. The molecule has 0 N–H and O–H groups in total. The first kappa shape index (κ1) is 15.6. The van der Waals surface area contributed by atoms with Crippen molar-refractivity contribution in [1.29, 1.82) is 0 Å². The van der Waals surface area contributed by atoms with Gasteiger partial charge in [0.15, 0.2) is 0 Å². The number of carbonyl (C=O) groups excluding carboxylic acids is 1. The normalized spacial score (nSPS) is 16.1. The van der Waals surface area contributed by atoms with Gasteiger partial charge in [-0.05, 0) is 69.2 Å². The van der Waals surface area contributed by atoms with Crippen molar-refractivity contribution in [2.24, 2.45) is 0 Å². The molecule has 0 saturated heterocycles. The van der Waals surface area contributed by atoms with Gasteiger partial charge in [0.25, 0.3) is 5.91 Å². The van der Waals surface area contributed by atoms with Crippen LogP contribution >= 0.6 is 0 Å². The van der Waals surface area contributed by atoms with E-state index >= 15 is 0 Å². The Kier molecular flexibility index (Phi) is 3.68. The maximum Gasteiger partial charge on any atom is 0.258 e. The Hall–Kier alpha value is -2.88. The molecule has 3 aromatic rings. The molecular formula is C21H21N3O. The average Bonchev–Trinajstić information content (AvgIpc) is 3.12. The van der Waals surface area contributed by atoms with E-state index in [9.17, 15) is 4.79 Å². The van der Waals surface area contributed by atoms with Crippen molar-refractivity contribution in [2.75, 3.05) is 4.90 Å². The van der Waals surface area contributed by atoms with Crippen LogP contribution in [0.1, 0.15) is 34.2 Å². The number of rotatable bonds is 2. The lowest BCUT2D eigenvalue weighted by Gasteiger charge is -2.23. The predicted octanol–water partition coefficient (Wildman–Crippen LogP) is 4.08. The summed E-state index contributed by atoms with van der Waals surface area (Å²) in [7, 11) is 0. The molecule has 0 unspecified atom stereocenters. The fraction of sp³-hybridized carbons (Fsp3) is 0.238. The number of fused-ring (bicyclic) bond motifs is 1. The quantitative estimate of drug-likeness (QED) is 0.709. The molecule has 0 radical (unpaired) electrons. The van der Waals surface area contributed by atoms with Crippen molar-refractivity contribution in [3.05, 3.63) is 77.1 Å². The summed E-state index contributed by atoms with van der Waals surface area (Å²) in [4.78, 5) is 15.0. The van der Waals surface area contributed by atoms with Crippen molar-refractivity contribution in [1.82, 2.24) is 9.78 Å². The van der Waals surface area contributed by atoms with Crippen LogP contribution in [0.2, 0.25) is 0 Å². The first-order valence-electron chi connectivity index (χ1n) is 8.60. The molecule has 4 heteroatoms. The number of benzene rings is 2. The zero-order chi connectivity index (χ0) is 17.6. The SMILES string of the molecule is Cc1cc(C)n(-c2ccc(C(=O)N3c4ccccc4C[C@H]3C)cc2)n1. The molecule has 2 heterocycles. The maximum absolute atomic E-state index is 13.0. The molecule has 4 nitrogen and oxygen atoms in total. The summed E-state index contributed by atoms with van der Waals surface area (Å²) in [6, 6.07) is 18.1. The van der Waals surface area contributed by atoms with Gasteiger partial charge in [0.2, 0.25) is 0 Å². The molecule has 0 aliphatic carbocycles. The number of anilines is 1. The minimum absolute atomic E-state index is 0.0531. The van der Waals surface area contributed by atoms with Gasteiger partial charge < -0.3 is 4.90 Å². The zero-order valence-electron chi connectivity index (χ0n) is 14.7. The van der Waals surface area contributed by atoms with Crippen LogP contribution in [0.3, 0.4) is 0 Å². The summed E-state index contributed by atoms with van der Waals surface area (Å²) in [5.41, 5.74) is 6.01. The van der Waals surface area contributed by atoms with Crippen LogP contribution in [0.5, 0.6) is 0 Å². The average molecular weight is 331 g/mol. The van der Waals surface area contributed by atoms with Crippen LogP contribution in [0.15, 0.2) is 54.6 Å². The summed E-state index contributed by atoms with van der Waals surface area (Å²) >= 11 is 0. The van der Waals surface area contributed by atoms with Crippen LogP contribution < -0.4 is 4.90 Å². The number of hydrogen-bond donors (Lipinski definition) is 0. The van der Waals surface area contributed by atoms with E-state index < -0.39 is 0 Å². The highest BCUT2D eigenvalue weighted by Gasteiger charge is 2.31. The lowest BCUT2D eigenvalue weighted by Crippen LogP contribution is -2.35. The largest absolute Gasteiger partial charge is 0.305 e. The van der Waals surface area contributed by atoms with Crippen LogP contribution in [-0.2, 0) is 6.42 Å². The van der Waals surface area contributed by atoms with Crippen molar-refractivity contribution >= 4 is 11.6 Å². The predicted molar refractivity (Wildman–Crippen MR) is 99.5 cm³/mol. The molecular weight excluding hydrogens is 310 g/mol. The molecule has 1 amide bonds. The monoisotopic (exact) mass is 331 g/mol. The number of para-hydroxylation sites is 1. The van der Waals surface area contributed by atoms with E-state index in [0.29, 0.717) is 5.56 Å². The smallest absolute Gasteiger partial charge is 0.258 e. The number of aryl methyl sites for hydroxylation is 2. The fourth-order valence-corrected chi connectivity index (χ4v) is 3.65. The van der Waals surface area contributed by atoms with E-state index in [2.05, 4.69) is 18.1 Å². The van der Waals surface area contributed by atoms with Crippen LogP contribution in [-0.4, -0.2) is 21.7 Å². The zero-order valence-corrected chi connectivity index (χ0v) is 14.7. The molecule has 2 aromatic carbocycles. The second-order valence-corrected chi connectivity index (χ2v) is 6.74. The Labute approximate surface area is 147 Å². The van der Waals surface area contributed by atoms with Crippen molar-refractivity contribution < 1.29 is 4.79 Å². The number of carbonyl (C=O) groups is 1. The Bertz CT molecular complexity index is 940. The van der Waals surface area contributed by atoms with Gasteiger partial charge in [0, 0.05) is 23.0 Å². The van der Waals surface area contributed by atoms with E-state index in [4.69, 9.17) is 0 Å². The summed E-state index contributed by atoms with van der Waals surface area (Å²) in [5.74, 6) is 0.0531. The van der Waals surface area contributed by atoms with Gasteiger partial charge in [-0.25, -0.2) is 4.68 Å². The topological polar surface area (TPSA) is 38.1 Å². The van der Waals surface area contributed by atoms with Gasteiger partial charge in [-0.2, -0.15) is 5.10 Å². The van der Waals surface area contributed by atoms with E-state index in [0.717, 1.165) is 29.2 Å². The maximum atomic E-state index is 13.0. The van der Waals surface area contributed by atoms with E-state index in [1.807, 2.05) is 72.0 Å². The van der Waals surface area contributed by atoms with Crippen molar-refractivity contribution in [3.8, 4) is 5.69 Å². The molecule has 1 atom stereocenters. The van der Waals surface area contributed by atoms with Crippen LogP contribution in [0, 0.1) is 13.8 Å². The molecule has 1 aromatic heterocycles. The third kappa shape index (κ3) is 2.64. The molecule has 4 rings (SSSR count). The first-order valence-corrected chi connectivity index (χ1v) is 8.60. The highest BCUT2D eigenvalue weighted by molar-refractivity contribution is 6.07. The number of amides is 1.